The van der Waals surface area contributed by atoms with Crippen LogP contribution in [-0.4, -0.2) is 12.6 Å². The molecule has 3 atom stereocenters. The van der Waals surface area contributed by atoms with E-state index in [1.165, 1.54) is 42.1 Å². The first kappa shape index (κ1) is 13.6. The minimum atomic E-state index is 0.689. The topological polar surface area (TPSA) is 12.0 Å². The van der Waals surface area contributed by atoms with Crippen LogP contribution >= 0.6 is 15.9 Å². The smallest absolute Gasteiger partial charge is 0.0207 e. The number of fused-ring (bicyclic) bond motifs is 1. The first-order chi connectivity index (χ1) is 9.31. The molecule has 0 aliphatic heterocycles. The van der Waals surface area contributed by atoms with Crippen molar-refractivity contribution in [2.24, 2.45) is 17.8 Å². The van der Waals surface area contributed by atoms with Crippen molar-refractivity contribution >= 4 is 15.9 Å². The second-order valence-electron chi connectivity index (χ2n) is 6.19. The largest absolute Gasteiger partial charge is 0.313 e. The second-order valence-corrected chi connectivity index (χ2v) is 7.05. The van der Waals surface area contributed by atoms with E-state index >= 15 is 0 Å². The van der Waals surface area contributed by atoms with Gasteiger partial charge >= 0.3 is 0 Å². The molecule has 0 aromatic heterocycles. The Labute approximate surface area is 125 Å². The zero-order valence-corrected chi connectivity index (χ0v) is 13.3. The van der Waals surface area contributed by atoms with Gasteiger partial charge in [0.15, 0.2) is 0 Å². The fraction of sp³-hybridized carbons (Fsp3) is 0.647. The van der Waals surface area contributed by atoms with E-state index in [1.807, 2.05) is 0 Å². The number of hydrogen-bond acceptors (Lipinski definition) is 1. The first-order valence-electron chi connectivity index (χ1n) is 7.78. The quantitative estimate of drug-likeness (QED) is 0.818. The summed E-state index contributed by atoms with van der Waals surface area (Å²) >= 11 is 3.70. The molecule has 2 aliphatic carbocycles. The van der Waals surface area contributed by atoms with Crippen LogP contribution in [-0.2, 0) is 6.42 Å². The van der Waals surface area contributed by atoms with Crippen LogP contribution < -0.4 is 5.32 Å². The fourth-order valence-electron chi connectivity index (χ4n) is 4.05. The maximum Gasteiger partial charge on any atom is 0.0207 e. The predicted octanol–water partition coefficient (Wildman–Crippen LogP) is 4.41. The molecule has 1 aromatic rings. The number of halogens is 1. The Hall–Kier alpha value is -0.340. The summed E-state index contributed by atoms with van der Waals surface area (Å²) in [7, 11) is 0. The standard InChI is InChI=1S/C17H24BrN/c1-2-10-19-16(17-13-7-5-8-14(13)17)11-12-6-3-4-9-15(12)18/h3-4,6,9,13-14,16-17,19H,2,5,7-8,10-11H2,1H3. The van der Waals surface area contributed by atoms with Gasteiger partial charge in [0.05, 0.1) is 0 Å². The average Bonchev–Trinajstić information content (AvgIpc) is 2.89. The maximum absolute atomic E-state index is 3.81. The Morgan fingerprint density at radius 3 is 2.68 bits per heavy atom. The van der Waals surface area contributed by atoms with E-state index in [4.69, 9.17) is 0 Å². The number of benzene rings is 1. The van der Waals surface area contributed by atoms with Gasteiger partial charge in [-0.25, -0.2) is 0 Å². The Morgan fingerprint density at radius 1 is 1.26 bits per heavy atom. The van der Waals surface area contributed by atoms with Crippen molar-refractivity contribution in [1.29, 1.82) is 0 Å². The molecule has 1 aromatic carbocycles. The summed E-state index contributed by atoms with van der Waals surface area (Å²) in [6, 6.07) is 9.38. The summed E-state index contributed by atoms with van der Waals surface area (Å²) in [5, 5.41) is 3.81. The molecule has 19 heavy (non-hydrogen) atoms. The zero-order chi connectivity index (χ0) is 13.2. The molecule has 1 nitrogen and oxygen atoms in total. The molecule has 3 rings (SSSR count). The number of hydrogen-bond donors (Lipinski definition) is 1. The molecule has 2 fully saturated rings. The van der Waals surface area contributed by atoms with Gasteiger partial charge in [0.1, 0.15) is 0 Å². The highest BCUT2D eigenvalue weighted by molar-refractivity contribution is 9.10. The van der Waals surface area contributed by atoms with E-state index in [2.05, 4.69) is 52.4 Å². The molecule has 3 unspecified atom stereocenters. The third kappa shape index (κ3) is 2.90. The lowest BCUT2D eigenvalue weighted by Gasteiger charge is -2.21. The Morgan fingerprint density at radius 2 is 2.00 bits per heavy atom. The number of rotatable bonds is 6. The van der Waals surface area contributed by atoms with Gasteiger partial charge in [-0.2, -0.15) is 0 Å². The van der Waals surface area contributed by atoms with Crippen molar-refractivity contribution in [1.82, 2.24) is 5.32 Å². The normalized spacial score (nSPS) is 30.1. The predicted molar refractivity (Wildman–Crippen MR) is 84.2 cm³/mol. The molecule has 0 amide bonds. The van der Waals surface area contributed by atoms with Gasteiger partial charge in [0.2, 0.25) is 0 Å². The van der Waals surface area contributed by atoms with E-state index in [-0.39, 0.29) is 0 Å². The van der Waals surface area contributed by atoms with Crippen molar-refractivity contribution in [3.63, 3.8) is 0 Å². The van der Waals surface area contributed by atoms with Crippen LogP contribution in [0.4, 0.5) is 0 Å². The summed E-state index contributed by atoms with van der Waals surface area (Å²) in [4.78, 5) is 0. The second kappa shape index (κ2) is 5.97. The summed E-state index contributed by atoms with van der Waals surface area (Å²) in [5.74, 6) is 3.03. The van der Waals surface area contributed by atoms with Crippen molar-refractivity contribution in [3.05, 3.63) is 34.3 Å². The summed E-state index contributed by atoms with van der Waals surface area (Å²) in [6.07, 6.45) is 6.85. The van der Waals surface area contributed by atoms with E-state index in [0.29, 0.717) is 6.04 Å². The lowest BCUT2D eigenvalue weighted by Crippen LogP contribution is -2.35. The van der Waals surface area contributed by atoms with Gasteiger partial charge in [-0.05, 0) is 61.6 Å². The van der Waals surface area contributed by atoms with Gasteiger partial charge in [-0.1, -0.05) is 47.5 Å². The highest BCUT2D eigenvalue weighted by Gasteiger charge is 2.55. The van der Waals surface area contributed by atoms with Gasteiger partial charge in [-0.15, -0.1) is 0 Å². The highest BCUT2D eigenvalue weighted by atomic mass is 79.9. The summed E-state index contributed by atoms with van der Waals surface area (Å²) in [6.45, 7) is 3.42. The third-order valence-corrected chi connectivity index (χ3v) is 5.77. The lowest BCUT2D eigenvalue weighted by molar-refractivity contribution is 0.403. The third-order valence-electron chi connectivity index (χ3n) is 4.99. The molecule has 2 aliphatic rings. The van der Waals surface area contributed by atoms with Gasteiger partial charge < -0.3 is 5.32 Å². The Bertz CT molecular complexity index is 421. The lowest BCUT2D eigenvalue weighted by atomic mass is 9.97. The molecule has 0 heterocycles. The SMILES string of the molecule is CCCNC(Cc1ccccc1Br)C1C2CCCC21. The molecular weight excluding hydrogens is 298 g/mol. The van der Waals surface area contributed by atoms with E-state index in [0.717, 1.165) is 24.3 Å². The van der Waals surface area contributed by atoms with Gasteiger partial charge in [-0.3, -0.25) is 0 Å². The first-order valence-corrected chi connectivity index (χ1v) is 8.57. The van der Waals surface area contributed by atoms with Gasteiger partial charge in [0.25, 0.3) is 0 Å². The highest BCUT2D eigenvalue weighted by Crippen LogP contribution is 2.59. The molecule has 104 valence electrons. The van der Waals surface area contributed by atoms with Crippen LogP contribution in [0, 0.1) is 17.8 Å². The monoisotopic (exact) mass is 321 g/mol. The van der Waals surface area contributed by atoms with Crippen molar-refractivity contribution < 1.29 is 0 Å². The summed E-state index contributed by atoms with van der Waals surface area (Å²) in [5.41, 5.74) is 1.46. The van der Waals surface area contributed by atoms with Crippen LogP contribution in [0.3, 0.4) is 0 Å². The van der Waals surface area contributed by atoms with E-state index < -0.39 is 0 Å². The summed E-state index contributed by atoms with van der Waals surface area (Å²) < 4.78 is 1.27. The minimum Gasteiger partial charge on any atom is -0.313 e. The molecule has 0 bridgehead atoms. The molecule has 0 spiro atoms. The van der Waals surface area contributed by atoms with Gasteiger partial charge in [0, 0.05) is 10.5 Å². The molecule has 0 radical (unpaired) electrons. The molecule has 1 N–H and O–H groups in total. The van der Waals surface area contributed by atoms with Crippen LogP contribution in [0.25, 0.3) is 0 Å². The van der Waals surface area contributed by atoms with Crippen molar-refractivity contribution in [3.8, 4) is 0 Å². The average molecular weight is 322 g/mol. The minimum absolute atomic E-state index is 0.689. The fourth-order valence-corrected chi connectivity index (χ4v) is 4.50. The molecule has 2 saturated carbocycles. The Balaban J connectivity index is 1.68. The van der Waals surface area contributed by atoms with Crippen LogP contribution in [0.1, 0.15) is 38.2 Å². The van der Waals surface area contributed by atoms with Crippen molar-refractivity contribution in [2.45, 2.75) is 45.1 Å². The van der Waals surface area contributed by atoms with Crippen molar-refractivity contribution in [2.75, 3.05) is 6.54 Å². The Kier molecular flexibility index (Phi) is 4.28. The van der Waals surface area contributed by atoms with Crippen LogP contribution in [0.2, 0.25) is 0 Å². The molecule has 2 heteroatoms. The number of nitrogens with one attached hydrogen (secondary N) is 1. The van der Waals surface area contributed by atoms with Crippen LogP contribution in [0.5, 0.6) is 0 Å². The van der Waals surface area contributed by atoms with E-state index in [1.54, 1.807) is 0 Å². The molecule has 0 saturated heterocycles. The van der Waals surface area contributed by atoms with E-state index in [9.17, 15) is 0 Å². The zero-order valence-electron chi connectivity index (χ0n) is 11.7. The molecular formula is C17H24BrN. The van der Waals surface area contributed by atoms with Crippen LogP contribution in [0.15, 0.2) is 28.7 Å². The maximum atomic E-state index is 3.81.